The summed E-state index contributed by atoms with van der Waals surface area (Å²) in [5, 5.41) is 3.24. The Hall–Kier alpha value is -2.24. The molecule has 108 valence electrons. The second kappa shape index (κ2) is 7.52. The third-order valence-electron chi connectivity index (χ3n) is 3.37. The first-order valence-electron chi connectivity index (χ1n) is 7.15. The van der Waals surface area contributed by atoms with Gasteiger partial charge in [-0.05, 0) is 44.7 Å². The molecule has 1 N–H and O–H groups in total. The average molecular weight is 279 g/mol. The van der Waals surface area contributed by atoms with Crippen LogP contribution in [0.2, 0.25) is 0 Å². The first-order valence-corrected chi connectivity index (χ1v) is 7.15. The monoisotopic (exact) mass is 279 g/mol. The highest BCUT2D eigenvalue weighted by atomic mass is 16.5. The summed E-state index contributed by atoms with van der Waals surface area (Å²) in [4.78, 5) is 0. The summed E-state index contributed by atoms with van der Waals surface area (Å²) in [6.45, 7) is 4.57. The van der Waals surface area contributed by atoms with E-state index in [1.165, 1.54) is 5.56 Å². The minimum Gasteiger partial charge on any atom is -0.481 e. The van der Waals surface area contributed by atoms with E-state index in [1.807, 2.05) is 37.4 Å². The van der Waals surface area contributed by atoms with Gasteiger partial charge in [-0.3, -0.25) is 0 Å². The summed E-state index contributed by atoms with van der Waals surface area (Å²) in [6.07, 6.45) is 0. The predicted octanol–water partition coefficient (Wildman–Crippen LogP) is 3.71. The topological polar surface area (TPSA) is 21.3 Å². The van der Waals surface area contributed by atoms with Gasteiger partial charge in [0.25, 0.3) is 0 Å². The van der Waals surface area contributed by atoms with Crippen molar-refractivity contribution in [3.8, 4) is 17.6 Å². The molecule has 2 aromatic rings. The SMILES string of the molecule is CNC(C)c1ccc(C)cc1OCC#Cc1ccccc1. The minimum atomic E-state index is 0.252. The molecular formula is C19H21NO. The summed E-state index contributed by atoms with van der Waals surface area (Å²) in [5.41, 5.74) is 3.35. The Kier molecular flexibility index (Phi) is 5.43. The summed E-state index contributed by atoms with van der Waals surface area (Å²) >= 11 is 0. The quantitative estimate of drug-likeness (QED) is 0.862. The number of hydrogen-bond donors (Lipinski definition) is 1. The van der Waals surface area contributed by atoms with Gasteiger partial charge in [0, 0.05) is 17.2 Å². The summed E-state index contributed by atoms with van der Waals surface area (Å²) < 4.78 is 5.85. The van der Waals surface area contributed by atoms with Crippen LogP contribution in [0.4, 0.5) is 0 Å². The molecule has 0 saturated heterocycles. The van der Waals surface area contributed by atoms with Gasteiger partial charge in [0.15, 0.2) is 0 Å². The van der Waals surface area contributed by atoms with Crippen LogP contribution in [0.25, 0.3) is 0 Å². The molecule has 1 unspecified atom stereocenters. The number of aryl methyl sites for hydroxylation is 1. The average Bonchev–Trinajstić information content (AvgIpc) is 2.52. The van der Waals surface area contributed by atoms with Gasteiger partial charge in [0.05, 0.1) is 0 Å². The number of nitrogens with one attached hydrogen (secondary N) is 1. The first kappa shape index (κ1) is 15.2. The van der Waals surface area contributed by atoms with E-state index in [0.717, 1.165) is 16.9 Å². The van der Waals surface area contributed by atoms with Crippen LogP contribution in [-0.2, 0) is 0 Å². The van der Waals surface area contributed by atoms with Crippen LogP contribution in [0.1, 0.15) is 29.7 Å². The van der Waals surface area contributed by atoms with Gasteiger partial charge in [-0.1, -0.05) is 42.2 Å². The lowest BCUT2D eigenvalue weighted by Crippen LogP contribution is -2.14. The van der Waals surface area contributed by atoms with Crippen LogP contribution in [0.3, 0.4) is 0 Å². The van der Waals surface area contributed by atoms with Crippen LogP contribution in [-0.4, -0.2) is 13.7 Å². The van der Waals surface area contributed by atoms with E-state index in [2.05, 4.69) is 49.2 Å². The van der Waals surface area contributed by atoms with Gasteiger partial charge in [-0.2, -0.15) is 0 Å². The molecule has 0 aliphatic rings. The Balaban J connectivity index is 2.06. The molecule has 0 radical (unpaired) electrons. The maximum absolute atomic E-state index is 5.85. The van der Waals surface area contributed by atoms with Crippen molar-refractivity contribution in [3.63, 3.8) is 0 Å². The van der Waals surface area contributed by atoms with Crippen LogP contribution in [0.5, 0.6) is 5.75 Å². The van der Waals surface area contributed by atoms with Gasteiger partial charge >= 0.3 is 0 Å². The van der Waals surface area contributed by atoms with Crippen LogP contribution >= 0.6 is 0 Å². The van der Waals surface area contributed by atoms with Gasteiger partial charge in [0.1, 0.15) is 12.4 Å². The lowest BCUT2D eigenvalue weighted by Gasteiger charge is -2.16. The normalized spacial score (nSPS) is 11.4. The molecule has 0 spiro atoms. The van der Waals surface area contributed by atoms with Crippen molar-refractivity contribution >= 4 is 0 Å². The van der Waals surface area contributed by atoms with E-state index in [0.29, 0.717) is 6.61 Å². The highest BCUT2D eigenvalue weighted by Gasteiger charge is 2.09. The van der Waals surface area contributed by atoms with Crippen molar-refractivity contribution < 1.29 is 4.74 Å². The predicted molar refractivity (Wildman–Crippen MR) is 87.5 cm³/mol. The largest absolute Gasteiger partial charge is 0.481 e. The van der Waals surface area contributed by atoms with Gasteiger partial charge in [-0.15, -0.1) is 0 Å². The highest BCUT2D eigenvalue weighted by Crippen LogP contribution is 2.26. The standard InChI is InChI=1S/C19H21NO/c1-15-11-12-18(16(2)20-3)19(14-15)21-13-7-10-17-8-5-4-6-9-17/h4-6,8-9,11-12,14,16,20H,13H2,1-3H3. The molecule has 2 nitrogen and oxygen atoms in total. The van der Waals surface area contributed by atoms with Crippen molar-refractivity contribution in [2.75, 3.05) is 13.7 Å². The molecule has 0 aliphatic heterocycles. The number of benzene rings is 2. The van der Waals surface area contributed by atoms with E-state index < -0.39 is 0 Å². The molecule has 21 heavy (non-hydrogen) atoms. The fourth-order valence-electron chi connectivity index (χ4n) is 2.05. The second-order valence-electron chi connectivity index (χ2n) is 5.01. The third kappa shape index (κ3) is 4.37. The maximum Gasteiger partial charge on any atom is 0.149 e. The molecule has 1 atom stereocenters. The molecule has 2 heteroatoms. The van der Waals surface area contributed by atoms with Crippen molar-refractivity contribution in [1.29, 1.82) is 0 Å². The van der Waals surface area contributed by atoms with Crippen molar-refractivity contribution in [2.24, 2.45) is 0 Å². The Labute approximate surface area is 127 Å². The Morgan fingerprint density at radius 1 is 1.14 bits per heavy atom. The fraction of sp³-hybridized carbons (Fsp3) is 0.263. The van der Waals surface area contributed by atoms with E-state index in [1.54, 1.807) is 0 Å². The minimum absolute atomic E-state index is 0.252. The van der Waals surface area contributed by atoms with E-state index >= 15 is 0 Å². The zero-order valence-electron chi connectivity index (χ0n) is 12.8. The fourth-order valence-corrected chi connectivity index (χ4v) is 2.05. The van der Waals surface area contributed by atoms with Crippen molar-refractivity contribution in [3.05, 3.63) is 65.2 Å². The number of hydrogen-bond acceptors (Lipinski definition) is 2. The van der Waals surface area contributed by atoms with Crippen LogP contribution in [0, 0.1) is 18.8 Å². The second-order valence-corrected chi connectivity index (χ2v) is 5.01. The summed E-state index contributed by atoms with van der Waals surface area (Å²) in [5.74, 6) is 7.06. The lowest BCUT2D eigenvalue weighted by molar-refractivity contribution is 0.361. The van der Waals surface area contributed by atoms with E-state index in [-0.39, 0.29) is 6.04 Å². The Bertz CT molecular complexity index is 638. The molecule has 0 amide bonds. The molecule has 0 aromatic heterocycles. The third-order valence-corrected chi connectivity index (χ3v) is 3.37. The number of ether oxygens (including phenoxy) is 1. The first-order chi connectivity index (χ1) is 10.2. The zero-order chi connectivity index (χ0) is 15.1. The van der Waals surface area contributed by atoms with Crippen LogP contribution in [0.15, 0.2) is 48.5 Å². The summed E-state index contributed by atoms with van der Waals surface area (Å²) in [7, 11) is 1.95. The van der Waals surface area contributed by atoms with Gasteiger partial charge in [0.2, 0.25) is 0 Å². The highest BCUT2D eigenvalue weighted by molar-refractivity contribution is 5.40. The van der Waals surface area contributed by atoms with Gasteiger partial charge < -0.3 is 10.1 Å². The molecule has 0 saturated carbocycles. The molecular weight excluding hydrogens is 258 g/mol. The Morgan fingerprint density at radius 2 is 1.90 bits per heavy atom. The molecule has 2 rings (SSSR count). The van der Waals surface area contributed by atoms with Gasteiger partial charge in [-0.25, -0.2) is 0 Å². The van der Waals surface area contributed by atoms with E-state index in [4.69, 9.17) is 4.74 Å². The zero-order valence-corrected chi connectivity index (χ0v) is 12.8. The maximum atomic E-state index is 5.85. The number of rotatable bonds is 4. The van der Waals surface area contributed by atoms with Crippen molar-refractivity contribution in [2.45, 2.75) is 19.9 Å². The lowest BCUT2D eigenvalue weighted by atomic mass is 10.1. The molecule has 0 heterocycles. The van der Waals surface area contributed by atoms with Crippen molar-refractivity contribution in [1.82, 2.24) is 5.32 Å². The Morgan fingerprint density at radius 3 is 2.62 bits per heavy atom. The molecule has 0 bridgehead atoms. The van der Waals surface area contributed by atoms with E-state index in [9.17, 15) is 0 Å². The smallest absolute Gasteiger partial charge is 0.149 e. The molecule has 0 aliphatic carbocycles. The molecule has 2 aromatic carbocycles. The van der Waals surface area contributed by atoms with Crippen LogP contribution < -0.4 is 10.1 Å². The summed E-state index contributed by atoms with van der Waals surface area (Å²) in [6, 6.07) is 16.5. The molecule has 0 fully saturated rings.